The molecule has 0 saturated heterocycles. The summed E-state index contributed by atoms with van der Waals surface area (Å²) in [7, 11) is 0. The fourth-order valence-electron chi connectivity index (χ4n) is 3.39. The number of para-hydroxylation sites is 1. The molecular weight excluding hydrogens is 452 g/mol. The lowest BCUT2D eigenvalue weighted by atomic mass is 10.1. The summed E-state index contributed by atoms with van der Waals surface area (Å²) in [6.07, 6.45) is 0.766. The summed E-state index contributed by atoms with van der Waals surface area (Å²) in [6.45, 7) is 1.78. The molecule has 0 spiro atoms. The number of anilines is 1. The molecule has 3 aromatic carbocycles. The lowest BCUT2D eigenvalue weighted by Gasteiger charge is -2.10. The number of nitrogens with one attached hydrogen (secondary N) is 1. The maximum absolute atomic E-state index is 12.9. The van der Waals surface area contributed by atoms with E-state index in [1.165, 1.54) is 16.5 Å². The molecule has 164 valence electrons. The van der Waals surface area contributed by atoms with E-state index >= 15 is 0 Å². The van der Waals surface area contributed by atoms with E-state index in [9.17, 15) is 4.79 Å². The topological polar surface area (TPSA) is 80.9 Å². The first-order valence-corrected chi connectivity index (χ1v) is 12.2. The van der Waals surface area contributed by atoms with Crippen molar-refractivity contribution < 1.29 is 9.32 Å². The van der Waals surface area contributed by atoms with Gasteiger partial charge in [0.2, 0.25) is 5.89 Å². The maximum Gasteiger partial charge on any atom is 0.256 e. The summed E-state index contributed by atoms with van der Waals surface area (Å²) in [4.78, 5) is 22.7. The highest BCUT2D eigenvalue weighted by Gasteiger charge is 2.13. The number of amides is 1. The highest BCUT2D eigenvalue weighted by Crippen LogP contribution is 2.27. The Morgan fingerprint density at radius 2 is 1.79 bits per heavy atom. The number of rotatable bonds is 7. The van der Waals surface area contributed by atoms with Gasteiger partial charge in [0, 0.05) is 17.0 Å². The van der Waals surface area contributed by atoms with Gasteiger partial charge in [-0.1, -0.05) is 41.6 Å². The van der Waals surface area contributed by atoms with Crippen molar-refractivity contribution in [1.29, 1.82) is 0 Å². The summed E-state index contributed by atoms with van der Waals surface area (Å²) >= 11 is 3.21. The molecule has 2 heterocycles. The largest absolute Gasteiger partial charge is 0.338 e. The van der Waals surface area contributed by atoms with Crippen molar-refractivity contribution in [2.45, 2.75) is 24.0 Å². The number of benzene rings is 3. The van der Waals surface area contributed by atoms with Crippen LogP contribution in [0.3, 0.4) is 0 Å². The van der Waals surface area contributed by atoms with Crippen molar-refractivity contribution in [3.63, 3.8) is 0 Å². The lowest BCUT2D eigenvalue weighted by molar-refractivity contribution is 0.102. The molecule has 33 heavy (non-hydrogen) atoms. The number of aryl methyl sites for hydroxylation is 1. The zero-order chi connectivity index (χ0) is 22.6. The Hall–Kier alpha value is -3.49. The monoisotopic (exact) mass is 472 g/mol. The molecule has 1 N–H and O–H groups in total. The molecule has 1 amide bonds. The number of hydrogen-bond acceptors (Lipinski definition) is 7. The average molecular weight is 473 g/mol. The van der Waals surface area contributed by atoms with Gasteiger partial charge in [-0.25, -0.2) is 4.98 Å². The first-order valence-electron chi connectivity index (χ1n) is 10.4. The van der Waals surface area contributed by atoms with Crippen LogP contribution in [0.2, 0.25) is 0 Å². The van der Waals surface area contributed by atoms with Crippen LogP contribution in [0.25, 0.3) is 10.2 Å². The Bertz CT molecular complexity index is 1380. The van der Waals surface area contributed by atoms with E-state index in [0.29, 0.717) is 23.0 Å². The summed E-state index contributed by atoms with van der Waals surface area (Å²) < 4.78 is 6.36. The second-order valence-electron chi connectivity index (χ2n) is 7.42. The molecule has 0 atom stereocenters. The number of thiazole rings is 1. The fourth-order valence-corrected chi connectivity index (χ4v) is 5.28. The van der Waals surface area contributed by atoms with Gasteiger partial charge in [0.25, 0.3) is 5.91 Å². The van der Waals surface area contributed by atoms with Crippen molar-refractivity contribution in [2.24, 2.45) is 0 Å². The summed E-state index contributed by atoms with van der Waals surface area (Å²) in [5.41, 5.74) is 3.54. The van der Waals surface area contributed by atoms with Gasteiger partial charge in [0.15, 0.2) is 5.82 Å². The van der Waals surface area contributed by atoms with Crippen molar-refractivity contribution >= 4 is 44.9 Å². The van der Waals surface area contributed by atoms with Crippen LogP contribution in [0.15, 0.2) is 82.2 Å². The minimum absolute atomic E-state index is 0.154. The van der Waals surface area contributed by atoms with Gasteiger partial charge < -0.3 is 9.84 Å². The smallest absolute Gasteiger partial charge is 0.256 e. The second-order valence-corrected chi connectivity index (χ2v) is 9.56. The number of aromatic nitrogens is 3. The molecular formula is C25H20N4O2S2. The maximum atomic E-state index is 12.9. The van der Waals surface area contributed by atoms with E-state index < -0.39 is 0 Å². The number of carbonyl (C=O) groups excluding carboxylic acids is 1. The Labute approximate surface area is 199 Å². The SMILES string of the molecule is Cc1noc(CSc2ccccc2C(=O)Nc2ccc(Cc3nc4ccccc4s3)cc2)n1. The summed E-state index contributed by atoms with van der Waals surface area (Å²) in [5.74, 6) is 1.49. The molecule has 0 aliphatic heterocycles. The van der Waals surface area contributed by atoms with Crippen molar-refractivity contribution in [3.8, 4) is 0 Å². The minimum atomic E-state index is -0.154. The van der Waals surface area contributed by atoms with Gasteiger partial charge in [-0.2, -0.15) is 4.98 Å². The van der Waals surface area contributed by atoms with Crippen molar-refractivity contribution in [1.82, 2.24) is 15.1 Å². The normalized spacial score (nSPS) is 11.1. The van der Waals surface area contributed by atoms with Crippen molar-refractivity contribution in [2.75, 3.05) is 5.32 Å². The van der Waals surface area contributed by atoms with E-state index in [1.807, 2.05) is 66.7 Å². The molecule has 8 heteroatoms. The minimum Gasteiger partial charge on any atom is -0.338 e. The van der Waals surface area contributed by atoms with Crippen LogP contribution in [0, 0.1) is 6.92 Å². The van der Waals surface area contributed by atoms with Crippen LogP contribution in [-0.4, -0.2) is 21.0 Å². The molecule has 2 aromatic heterocycles. The molecule has 0 bridgehead atoms. The Morgan fingerprint density at radius 1 is 1.00 bits per heavy atom. The standard InChI is InChI=1S/C25H20N4O2S2/c1-16-26-23(31-29-16)15-32-21-8-4-2-6-19(21)25(30)27-18-12-10-17(11-13-18)14-24-28-20-7-3-5-9-22(20)33-24/h2-13H,14-15H2,1H3,(H,27,30). The Morgan fingerprint density at radius 3 is 2.58 bits per heavy atom. The van der Waals surface area contributed by atoms with Crippen LogP contribution in [-0.2, 0) is 12.2 Å². The average Bonchev–Trinajstić information content (AvgIpc) is 3.44. The van der Waals surface area contributed by atoms with Crippen LogP contribution in [0.1, 0.15) is 32.6 Å². The van der Waals surface area contributed by atoms with E-state index in [2.05, 4.69) is 21.5 Å². The lowest BCUT2D eigenvalue weighted by Crippen LogP contribution is -2.13. The summed E-state index contributed by atoms with van der Waals surface area (Å²) in [6, 6.07) is 23.6. The first-order chi connectivity index (χ1) is 16.1. The Balaban J connectivity index is 1.24. The zero-order valence-corrected chi connectivity index (χ0v) is 19.5. The molecule has 0 saturated carbocycles. The Kier molecular flexibility index (Phi) is 6.19. The molecule has 5 rings (SSSR count). The van der Waals surface area contributed by atoms with E-state index in [-0.39, 0.29) is 5.91 Å². The van der Waals surface area contributed by atoms with Gasteiger partial charge in [-0.3, -0.25) is 4.79 Å². The first kappa shape index (κ1) is 21.4. The third-order valence-electron chi connectivity index (χ3n) is 4.96. The molecule has 5 aromatic rings. The molecule has 6 nitrogen and oxygen atoms in total. The molecule has 0 aliphatic rings. The third kappa shape index (κ3) is 5.13. The van der Waals surface area contributed by atoms with Crippen molar-refractivity contribution in [3.05, 3.63) is 101 Å². The van der Waals surface area contributed by atoms with Crippen LogP contribution < -0.4 is 5.32 Å². The van der Waals surface area contributed by atoms with Crippen LogP contribution in [0.4, 0.5) is 5.69 Å². The zero-order valence-electron chi connectivity index (χ0n) is 17.8. The van der Waals surface area contributed by atoms with Gasteiger partial charge >= 0.3 is 0 Å². The van der Waals surface area contributed by atoms with Gasteiger partial charge in [-0.05, 0) is 48.9 Å². The second kappa shape index (κ2) is 9.56. The number of carbonyl (C=O) groups is 1. The van der Waals surface area contributed by atoms with E-state index in [1.54, 1.807) is 18.3 Å². The molecule has 0 radical (unpaired) electrons. The van der Waals surface area contributed by atoms with Gasteiger partial charge in [0.05, 0.1) is 26.5 Å². The predicted octanol–water partition coefficient (Wildman–Crippen LogP) is 6.12. The van der Waals surface area contributed by atoms with E-state index in [4.69, 9.17) is 9.51 Å². The number of hydrogen-bond donors (Lipinski definition) is 1. The fraction of sp³-hybridized carbons (Fsp3) is 0.120. The number of thioether (sulfide) groups is 1. The number of nitrogens with zero attached hydrogens (tertiary/aromatic N) is 3. The molecule has 0 fully saturated rings. The highest BCUT2D eigenvalue weighted by molar-refractivity contribution is 7.98. The van der Waals surface area contributed by atoms with Gasteiger partial charge in [0.1, 0.15) is 0 Å². The predicted molar refractivity (Wildman–Crippen MR) is 132 cm³/mol. The van der Waals surface area contributed by atoms with Gasteiger partial charge in [-0.15, -0.1) is 23.1 Å². The van der Waals surface area contributed by atoms with Crippen LogP contribution in [0.5, 0.6) is 0 Å². The highest BCUT2D eigenvalue weighted by atomic mass is 32.2. The number of fused-ring (bicyclic) bond motifs is 1. The quantitative estimate of drug-likeness (QED) is 0.287. The van der Waals surface area contributed by atoms with E-state index in [0.717, 1.165) is 33.1 Å². The van der Waals surface area contributed by atoms with Crippen LogP contribution >= 0.6 is 23.1 Å². The summed E-state index contributed by atoms with van der Waals surface area (Å²) in [5, 5.41) is 7.88. The molecule has 0 unspecified atom stereocenters. The third-order valence-corrected chi connectivity index (χ3v) is 7.05. The molecule has 0 aliphatic carbocycles.